The molecular weight excluding hydrogens is 652 g/mol. The summed E-state index contributed by atoms with van der Waals surface area (Å²) in [6.07, 6.45) is -3.97. The van der Waals surface area contributed by atoms with Gasteiger partial charge in [-0.25, -0.2) is 22.8 Å². The number of nitrogens with zero attached hydrogens (tertiary/aromatic N) is 7. The number of piperidine rings is 1. The van der Waals surface area contributed by atoms with E-state index < -0.39 is 42.0 Å². The number of benzene rings is 2. The number of pyridine rings is 1. The van der Waals surface area contributed by atoms with Crippen molar-refractivity contribution in [2.75, 3.05) is 26.7 Å². The Hall–Kier alpha value is -4.71. The molecule has 2 aromatic heterocycles. The number of amides is 1. The highest BCUT2D eigenvalue weighted by Gasteiger charge is 2.36. The van der Waals surface area contributed by atoms with Crippen molar-refractivity contribution in [1.82, 2.24) is 29.8 Å². The molecule has 4 heterocycles. The number of fused-ring (bicyclic) bond motifs is 3. The molecule has 0 bridgehead atoms. The van der Waals surface area contributed by atoms with E-state index in [1.807, 2.05) is 7.05 Å². The molecule has 2 aliphatic rings. The van der Waals surface area contributed by atoms with Crippen molar-refractivity contribution in [2.24, 2.45) is 0 Å². The number of likely N-dealkylation sites (tertiary alicyclic amines) is 2. The van der Waals surface area contributed by atoms with E-state index in [2.05, 4.69) is 26.3 Å². The Balaban J connectivity index is 1.49. The SMILES string of the molecule is Cc1cc2c(nc(OC[C@@H]3CCCN3C)c3nnn([C@H]4CCN(C(=O)/C=C/C(F)F)[C@H](CC#N)C4)c32)c(F)c1-c1ccccc1C(F)(F)F. The summed E-state index contributed by atoms with van der Waals surface area (Å²) in [5.41, 5.74) is -0.980. The number of ether oxygens (including phenoxy) is 1. The second kappa shape index (κ2) is 13.7. The zero-order valence-corrected chi connectivity index (χ0v) is 26.7. The summed E-state index contributed by atoms with van der Waals surface area (Å²) in [7, 11) is 1.96. The summed E-state index contributed by atoms with van der Waals surface area (Å²) in [4.78, 5) is 20.8. The standard InChI is InChI=1S/C34H33F6N7O2/c1-19-16-24-30(29(37)28(19)23-7-3-4-8-25(23)34(38,39)40)42-33(49-18-22-6-5-14-45(22)2)31-32(24)47(44-43-31)21-12-15-46(20(17-21)11-13-41)27(48)10-9-26(35)36/h3-4,7-10,16,20-22,26H,5-6,11-12,14-15,17-18H2,1-2H3/b10-9+/t20-,21+,22+/m1/s1. The minimum atomic E-state index is -4.74. The molecule has 0 radical (unpaired) electrons. The van der Waals surface area contributed by atoms with Crippen LogP contribution < -0.4 is 4.74 Å². The van der Waals surface area contributed by atoms with E-state index in [0.29, 0.717) is 18.0 Å². The normalized spacial score (nSPS) is 20.6. The van der Waals surface area contributed by atoms with Crippen LogP contribution in [0.3, 0.4) is 0 Å². The van der Waals surface area contributed by atoms with Gasteiger partial charge in [0, 0.05) is 35.7 Å². The molecule has 9 nitrogen and oxygen atoms in total. The van der Waals surface area contributed by atoms with Gasteiger partial charge in [-0.15, -0.1) is 5.10 Å². The van der Waals surface area contributed by atoms with Crippen molar-refractivity contribution in [1.29, 1.82) is 5.26 Å². The molecule has 15 heteroatoms. The maximum absolute atomic E-state index is 16.7. The third kappa shape index (κ3) is 6.66. The Morgan fingerprint density at radius 3 is 2.63 bits per heavy atom. The minimum absolute atomic E-state index is 0.0230. The fraction of sp³-hybridized carbons (Fsp3) is 0.441. The molecule has 1 amide bonds. The van der Waals surface area contributed by atoms with E-state index in [9.17, 15) is 32.0 Å². The molecule has 258 valence electrons. The van der Waals surface area contributed by atoms with Crippen LogP contribution in [0.25, 0.3) is 33.1 Å². The number of alkyl halides is 5. The first kappa shape index (κ1) is 34.2. The maximum atomic E-state index is 16.7. The number of nitriles is 1. The number of allylic oxidation sites excluding steroid dienone is 1. The van der Waals surface area contributed by atoms with Gasteiger partial charge < -0.3 is 14.5 Å². The number of carbonyl (C=O) groups excluding carboxylic acids is 1. The fourth-order valence-corrected chi connectivity index (χ4v) is 6.99. The largest absolute Gasteiger partial charge is 0.474 e. The molecule has 2 fully saturated rings. The predicted octanol–water partition coefficient (Wildman–Crippen LogP) is 6.85. The second-order valence-electron chi connectivity index (χ2n) is 12.5. The third-order valence-corrected chi connectivity index (χ3v) is 9.42. The molecule has 2 aliphatic heterocycles. The molecular formula is C34H33F6N7O2. The maximum Gasteiger partial charge on any atom is 0.417 e. The van der Waals surface area contributed by atoms with E-state index in [4.69, 9.17) is 4.74 Å². The Kier molecular flexibility index (Phi) is 9.52. The van der Waals surface area contributed by atoms with Crippen LogP contribution >= 0.6 is 0 Å². The number of rotatable bonds is 8. The highest BCUT2D eigenvalue weighted by molar-refractivity contribution is 6.06. The fourth-order valence-electron chi connectivity index (χ4n) is 6.99. The lowest BCUT2D eigenvalue weighted by Crippen LogP contribution is -2.46. The lowest BCUT2D eigenvalue weighted by Gasteiger charge is -2.38. The quantitative estimate of drug-likeness (QED) is 0.148. The lowest BCUT2D eigenvalue weighted by molar-refractivity contribution is -0.137. The van der Waals surface area contributed by atoms with E-state index in [1.54, 1.807) is 10.7 Å². The molecule has 4 aromatic rings. The number of likely N-dealkylation sites (N-methyl/N-ethyl adjacent to an activating group) is 1. The summed E-state index contributed by atoms with van der Waals surface area (Å²) >= 11 is 0. The molecule has 0 aliphatic carbocycles. The smallest absolute Gasteiger partial charge is 0.417 e. The summed E-state index contributed by atoms with van der Waals surface area (Å²) in [5, 5.41) is 18.5. The summed E-state index contributed by atoms with van der Waals surface area (Å²) in [6.45, 7) is 2.73. The molecule has 2 saturated heterocycles. The van der Waals surface area contributed by atoms with Crippen molar-refractivity contribution in [3.8, 4) is 23.1 Å². The zero-order chi connectivity index (χ0) is 35.0. The molecule has 49 heavy (non-hydrogen) atoms. The van der Waals surface area contributed by atoms with Gasteiger partial charge in [-0.2, -0.15) is 18.4 Å². The summed E-state index contributed by atoms with van der Waals surface area (Å²) in [5.74, 6) is -1.63. The van der Waals surface area contributed by atoms with Crippen molar-refractivity contribution in [3.63, 3.8) is 0 Å². The highest BCUT2D eigenvalue weighted by Crippen LogP contribution is 2.43. The topological polar surface area (TPSA) is 100 Å². The molecule has 6 rings (SSSR count). The van der Waals surface area contributed by atoms with Gasteiger partial charge in [-0.05, 0) is 75.5 Å². The van der Waals surface area contributed by atoms with Crippen LogP contribution in [0.1, 0.15) is 49.3 Å². The Bertz CT molecular complexity index is 1950. The second-order valence-corrected chi connectivity index (χ2v) is 12.5. The first-order valence-electron chi connectivity index (χ1n) is 15.9. The van der Waals surface area contributed by atoms with Crippen molar-refractivity contribution >= 4 is 27.8 Å². The van der Waals surface area contributed by atoms with Gasteiger partial charge in [0.15, 0.2) is 11.3 Å². The number of carbonyl (C=O) groups is 1. The van der Waals surface area contributed by atoms with Crippen molar-refractivity contribution in [2.45, 2.75) is 69.8 Å². The molecule has 2 aromatic carbocycles. The Labute approximate surface area is 277 Å². The highest BCUT2D eigenvalue weighted by atomic mass is 19.4. The van der Waals surface area contributed by atoms with Gasteiger partial charge in [-0.1, -0.05) is 23.4 Å². The van der Waals surface area contributed by atoms with Crippen LogP contribution in [0.2, 0.25) is 0 Å². The molecule has 0 saturated carbocycles. The average Bonchev–Trinajstić information content (AvgIpc) is 3.69. The van der Waals surface area contributed by atoms with Crippen LogP contribution in [0, 0.1) is 24.1 Å². The van der Waals surface area contributed by atoms with Gasteiger partial charge in [-0.3, -0.25) is 4.79 Å². The van der Waals surface area contributed by atoms with Gasteiger partial charge >= 0.3 is 6.18 Å². The average molecular weight is 686 g/mol. The number of halogens is 6. The Morgan fingerprint density at radius 2 is 1.94 bits per heavy atom. The van der Waals surface area contributed by atoms with E-state index in [1.165, 1.54) is 30.0 Å². The van der Waals surface area contributed by atoms with Gasteiger partial charge in [0.25, 0.3) is 6.43 Å². The zero-order valence-electron chi connectivity index (χ0n) is 26.7. The number of aryl methyl sites for hydroxylation is 1. The van der Waals surface area contributed by atoms with Crippen LogP contribution in [0.5, 0.6) is 5.88 Å². The molecule has 0 spiro atoms. The Morgan fingerprint density at radius 1 is 1.16 bits per heavy atom. The molecule has 0 N–H and O–H groups in total. The minimum Gasteiger partial charge on any atom is -0.474 e. The summed E-state index contributed by atoms with van der Waals surface area (Å²) in [6, 6.07) is 7.36. The third-order valence-electron chi connectivity index (χ3n) is 9.42. The van der Waals surface area contributed by atoms with Gasteiger partial charge in [0.2, 0.25) is 11.8 Å². The van der Waals surface area contributed by atoms with E-state index in [0.717, 1.165) is 31.5 Å². The van der Waals surface area contributed by atoms with Crippen LogP contribution in [-0.4, -0.2) is 80.9 Å². The predicted molar refractivity (Wildman–Crippen MR) is 168 cm³/mol. The van der Waals surface area contributed by atoms with Gasteiger partial charge in [0.1, 0.15) is 17.6 Å². The van der Waals surface area contributed by atoms with Crippen LogP contribution in [0.4, 0.5) is 26.3 Å². The first-order chi connectivity index (χ1) is 23.4. The van der Waals surface area contributed by atoms with E-state index >= 15 is 4.39 Å². The lowest BCUT2D eigenvalue weighted by atomic mass is 9.92. The van der Waals surface area contributed by atoms with E-state index in [-0.39, 0.29) is 71.0 Å². The number of aromatic nitrogens is 4. The van der Waals surface area contributed by atoms with Crippen LogP contribution in [-0.2, 0) is 11.0 Å². The summed E-state index contributed by atoms with van der Waals surface area (Å²) < 4.78 is 92.1. The first-order valence-corrected chi connectivity index (χ1v) is 15.9. The number of hydrogen-bond acceptors (Lipinski definition) is 7. The van der Waals surface area contributed by atoms with Crippen molar-refractivity contribution < 1.29 is 35.9 Å². The molecule has 3 atom stereocenters. The van der Waals surface area contributed by atoms with Crippen LogP contribution in [0.15, 0.2) is 42.5 Å². The monoisotopic (exact) mass is 685 g/mol. The molecule has 0 unspecified atom stereocenters. The van der Waals surface area contributed by atoms with Gasteiger partial charge in [0.05, 0.1) is 24.1 Å². The van der Waals surface area contributed by atoms with Crippen molar-refractivity contribution in [3.05, 3.63) is 59.4 Å². The number of hydrogen-bond donors (Lipinski definition) is 0.